The van der Waals surface area contributed by atoms with Crippen LogP contribution in [0.3, 0.4) is 0 Å². The van der Waals surface area contributed by atoms with Gasteiger partial charge in [-0.2, -0.15) is 0 Å². The Morgan fingerprint density at radius 2 is 1.92 bits per heavy atom. The number of nitrogen functional groups attached to an aromatic ring is 2. The van der Waals surface area contributed by atoms with E-state index in [9.17, 15) is 4.79 Å². The molecule has 0 aromatic heterocycles. The number of benzene rings is 2. The van der Waals surface area contributed by atoms with Crippen molar-refractivity contribution in [2.24, 2.45) is 5.73 Å². The van der Waals surface area contributed by atoms with Gasteiger partial charge in [0.05, 0.1) is 13.5 Å². The summed E-state index contributed by atoms with van der Waals surface area (Å²) < 4.78 is 4.83. The molecule has 2 rings (SSSR count). The maximum atomic E-state index is 11.8. The van der Waals surface area contributed by atoms with Crippen LogP contribution in [0, 0.1) is 5.41 Å². The number of nitrogens with two attached hydrogens (primary N) is 2. The van der Waals surface area contributed by atoms with Gasteiger partial charge in [-0.05, 0) is 48.1 Å². The number of carbonyl (C=O) groups excluding carboxylic acids is 1. The van der Waals surface area contributed by atoms with Gasteiger partial charge in [0.15, 0.2) is 0 Å². The van der Waals surface area contributed by atoms with Gasteiger partial charge in [0.25, 0.3) is 0 Å². The molecule has 5 N–H and O–H groups in total. The first-order chi connectivity index (χ1) is 11.5. The predicted molar refractivity (Wildman–Crippen MR) is 96.0 cm³/mol. The Bertz CT molecular complexity index is 711. The van der Waals surface area contributed by atoms with Gasteiger partial charge in [0.1, 0.15) is 5.84 Å². The van der Waals surface area contributed by atoms with Crippen LogP contribution in [0.4, 0.5) is 5.69 Å². The van der Waals surface area contributed by atoms with Crippen molar-refractivity contribution >= 4 is 17.5 Å². The van der Waals surface area contributed by atoms with Crippen molar-refractivity contribution in [3.63, 3.8) is 0 Å². The van der Waals surface area contributed by atoms with Gasteiger partial charge in [-0.3, -0.25) is 10.2 Å². The highest BCUT2D eigenvalue weighted by Gasteiger charge is 2.17. The predicted octanol–water partition coefficient (Wildman–Crippen LogP) is 2.83. The van der Waals surface area contributed by atoms with Crippen molar-refractivity contribution in [2.75, 3.05) is 12.8 Å². The monoisotopic (exact) mass is 325 g/mol. The second-order valence-corrected chi connectivity index (χ2v) is 5.80. The molecule has 0 amide bonds. The van der Waals surface area contributed by atoms with Crippen LogP contribution in [0.15, 0.2) is 48.5 Å². The lowest BCUT2D eigenvalue weighted by Gasteiger charge is -2.17. The van der Waals surface area contributed by atoms with E-state index in [2.05, 4.69) is 0 Å². The summed E-state index contributed by atoms with van der Waals surface area (Å²) in [5.74, 6) is -0.216. The SMILES string of the molecule is COC(=O)C[C@H](CCc1ccc(N)cc1)c1cccc(C(=N)N)c1. The molecule has 0 unspecified atom stereocenters. The summed E-state index contributed by atoms with van der Waals surface area (Å²) in [7, 11) is 1.39. The van der Waals surface area contributed by atoms with Gasteiger partial charge >= 0.3 is 5.97 Å². The lowest BCUT2D eigenvalue weighted by Crippen LogP contribution is -2.13. The number of hydrogen-bond acceptors (Lipinski definition) is 4. The van der Waals surface area contributed by atoms with E-state index in [1.807, 2.05) is 42.5 Å². The molecule has 2 aromatic carbocycles. The fourth-order valence-electron chi connectivity index (χ4n) is 2.66. The molecule has 0 aliphatic carbocycles. The van der Waals surface area contributed by atoms with Crippen molar-refractivity contribution in [1.82, 2.24) is 0 Å². The third-order valence-corrected chi connectivity index (χ3v) is 4.07. The summed E-state index contributed by atoms with van der Waals surface area (Å²) in [5, 5.41) is 7.58. The van der Waals surface area contributed by atoms with Gasteiger partial charge in [0.2, 0.25) is 0 Å². The maximum absolute atomic E-state index is 11.8. The average Bonchev–Trinajstić information content (AvgIpc) is 2.59. The first-order valence-electron chi connectivity index (χ1n) is 7.85. The molecule has 0 bridgehead atoms. The van der Waals surface area contributed by atoms with Crippen LogP contribution < -0.4 is 11.5 Å². The lowest BCUT2D eigenvalue weighted by molar-refractivity contribution is -0.141. The fraction of sp³-hybridized carbons (Fsp3) is 0.263. The maximum Gasteiger partial charge on any atom is 0.306 e. The number of amidine groups is 1. The van der Waals surface area contributed by atoms with Crippen molar-refractivity contribution < 1.29 is 9.53 Å². The number of esters is 1. The van der Waals surface area contributed by atoms with Gasteiger partial charge < -0.3 is 16.2 Å². The molecule has 1 atom stereocenters. The number of hydrogen-bond donors (Lipinski definition) is 3. The van der Waals surface area contributed by atoms with Crippen molar-refractivity contribution in [3.05, 3.63) is 65.2 Å². The van der Waals surface area contributed by atoms with E-state index in [1.165, 1.54) is 12.7 Å². The highest BCUT2D eigenvalue weighted by Crippen LogP contribution is 2.27. The van der Waals surface area contributed by atoms with Crippen LogP contribution in [0.5, 0.6) is 0 Å². The smallest absolute Gasteiger partial charge is 0.306 e. The molecule has 0 saturated heterocycles. The van der Waals surface area contributed by atoms with E-state index < -0.39 is 0 Å². The molecular weight excluding hydrogens is 302 g/mol. The number of rotatable bonds is 7. The third kappa shape index (κ3) is 4.84. The Balaban J connectivity index is 2.17. The lowest BCUT2D eigenvalue weighted by atomic mass is 9.88. The minimum Gasteiger partial charge on any atom is -0.469 e. The molecule has 2 aromatic rings. The van der Waals surface area contributed by atoms with Gasteiger partial charge in [-0.1, -0.05) is 30.3 Å². The molecule has 126 valence electrons. The molecule has 0 saturated carbocycles. The van der Waals surface area contributed by atoms with E-state index >= 15 is 0 Å². The summed E-state index contributed by atoms with van der Waals surface area (Å²) in [6, 6.07) is 15.2. The average molecular weight is 325 g/mol. The van der Waals surface area contributed by atoms with E-state index in [4.69, 9.17) is 21.6 Å². The van der Waals surface area contributed by atoms with E-state index in [0.29, 0.717) is 12.0 Å². The number of anilines is 1. The minimum atomic E-state index is -0.245. The van der Waals surface area contributed by atoms with Crippen molar-refractivity contribution in [3.8, 4) is 0 Å². The topological polar surface area (TPSA) is 102 Å². The number of nitrogens with one attached hydrogen (secondary N) is 1. The van der Waals surface area contributed by atoms with Crippen molar-refractivity contribution in [2.45, 2.75) is 25.2 Å². The molecule has 5 heteroatoms. The molecule has 0 spiro atoms. The quantitative estimate of drug-likeness (QED) is 0.315. The zero-order valence-corrected chi connectivity index (χ0v) is 13.8. The van der Waals surface area contributed by atoms with Crippen LogP contribution in [0.1, 0.15) is 35.4 Å². The van der Waals surface area contributed by atoms with Gasteiger partial charge in [-0.15, -0.1) is 0 Å². The molecule has 24 heavy (non-hydrogen) atoms. The largest absolute Gasteiger partial charge is 0.469 e. The molecule has 5 nitrogen and oxygen atoms in total. The fourth-order valence-corrected chi connectivity index (χ4v) is 2.66. The van der Waals surface area contributed by atoms with Crippen molar-refractivity contribution in [1.29, 1.82) is 5.41 Å². The molecular formula is C19H23N3O2. The number of aryl methyl sites for hydroxylation is 1. The minimum absolute atomic E-state index is 0.00861. The second kappa shape index (κ2) is 8.15. The Morgan fingerprint density at radius 3 is 2.54 bits per heavy atom. The van der Waals surface area contributed by atoms with Crippen LogP contribution >= 0.6 is 0 Å². The standard InChI is InChI=1S/C19H23N3O2/c1-24-18(23)12-15(8-5-13-6-9-17(20)10-7-13)14-3-2-4-16(11-14)19(21)22/h2-4,6-7,9-11,15H,5,8,12,20H2,1H3,(H3,21,22)/t15-/m0/s1. The summed E-state index contributed by atoms with van der Waals surface area (Å²) in [4.78, 5) is 11.8. The molecule has 0 fully saturated rings. The van der Waals surface area contributed by atoms with E-state index in [-0.39, 0.29) is 17.7 Å². The number of carbonyl (C=O) groups is 1. The van der Waals surface area contributed by atoms with Gasteiger partial charge in [-0.25, -0.2) is 0 Å². The van der Waals surface area contributed by atoms with Crippen LogP contribution in [0.2, 0.25) is 0 Å². The Hall–Kier alpha value is -2.82. The summed E-state index contributed by atoms with van der Waals surface area (Å²) in [6.07, 6.45) is 1.92. The molecule has 0 aliphatic heterocycles. The highest BCUT2D eigenvalue weighted by molar-refractivity contribution is 5.95. The van der Waals surface area contributed by atoms with Crippen LogP contribution in [-0.2, 0) is 16.0 Å². The zero-order chi connectivity index (χ0) is 17.5. The summed E-state index contributed by atoms with van der Waals surface area (Å²) >= 11 is 0. The zero-order valence-electron chi connectivity index (χ0n) is 13.8. The number of ether oxygens (including phenoxy) is 1. The number of methoxy groups -OCH3 is 1. The third-order valence-electron chi connectivity index (χ3n) is 4.07. The Morgan fingerprint density at radius 1 is 1.21 bits per heavy atom. The first kappa shape index (κ1) is 17.5. The molecule has 0 radical (unpaired) electrons. The Labute approximate surface area is 142 Å². The van der Waals surface area contributed by atoms with Gasteiger partial charge in [0, 0.05) is 11.3 Å². The second-order valence-electron chi connectivity index (χ2n) is 5.80. The van der Waals surface area contributed by atoms with E-state index in [1.54, 1.807) is 6.07 Å². The molecule has 0 aliphatic rings. The summed E-state index contributed by atoms with van der Waals surface area (Å²) in [5.41, 5.74) is 14.8. The van der Waals surface area contributed by atoms with Crippen LogP contribution in [0.25, 0.3) is 0 Å². The Kier molecular flexibility index (Phi) is 5.95. The normalized spacial score (nSPS) is 11.7. The first-order valence-corrected chi connectivity index (χ1v) is 7.85. The molecule has 0 heterocycles. The van der Waals surface area contributed by atoms with Crippen LogP contribution in [-0.4, -0.2) is 18.9 Å². The summed E-state index contributed by atoms with van der Waals surface area (Å²) in [6.45, 7) is 0. The van der Waals surface area contributed by atoms with E-state index in [0.717, 1.165) is 24.1 Å². The highest BCUT2D eigenvalue weighted by atomic mass is 16.5.